The van der Waals surface area contributed by atoms with Crippen molar-refractivity contribution in [3.63, 3.8) is 0 Å². The van der Waals surface area contributed by atoms with E-state index in [1.165, 1.54) is 13.2 Å². The molecule has 14 heavy (non-hydrogen) atoms. The van der Waals surface area contributed by atoms with Gasteiger partial charge in [0, 0.05) is 0 Å². The molecule has 0 aliphatic rings. The largest absolute Gasteiger partial charge is 0.504 e. The number of carbonyl (C=O) groups is 1. The molecule has 1 rings (SSSR count). The summed E-state index contributed by atoms with van der Waals surface area (Å²) >= 11 is 0. The highest BCUT2D eigenvalue weighted by Crippen LogP contribution is 2.26. The van der Waals surface area contributed by atoms with Crippen molar-refractivity contribution < 1.29 is 14.6 Å². The smallest absolute Gasteiger partial charge is 0.160 e. The van der Waals surface area contributed by atoms with Crippen LogP contribution in [0.2, 0.25) is 0 Å². The number of rotatable bonds is 4. The summed E-state index contributed by atoms with van der Waals surface area (Å²) in [5, 5.41) is 9.30. The summed E-state index contributed by atoms with van der Waals surface area (Å²) in [6.07, 6.45) is 1.14. The minimum Gasteiger partial charge on any atom is -0.504 e. The zero-order chi connectivity index (χ0) is 10.6. The topological polar surface area (TPSA) is 72.5 Å². The van der Waals surface area contributed by atoms with Crippen LogP contribution in [0.25, 0.3) is 0 Å². The first-order valence-corrected chi connectivity index (χ1v) is 4.24. The van der Waals surface area contributed by atoms with Crippen LogP contribution in [-0.4, -0.2) is 24.5 Å². The molecule has 0 bridgehead atoms. The predicted molar refractivity (Wildman–Crippen MR) is 52.4 cm³/mol. The number of aldehydes is 1. The lowest BCUT2D eigenvalue weighted by Crippen LogP contribution is -2.23. The summed E-state index contributed by atoms with van der Waals surface area (Å²) in [7, 11) is 1.47. The number of hydrogen-bond acceptors (Lipinski definition) is 4. The molecule has 1 aromatic carbocycles. The predicted octanol–water partition coefficient (Wildman–Crippen LogP) is 0.469. The van der Waals surface area contributed by atoms with Crippen LogP contribution in [0.3, 0.4) is 0 Å². The van der Waals surface area contributed by atoms with E-state index in [0.717, 1.165) is 5.56 Å². The number of phenols is 1. The third kappa shape index (κ3) is 2.47. The Labute approximate surface area is 82.3 Å². The molecule has 3 N–H and O–H groups in total. The summed E-state index contributed by atoms with van der Waals surface area (Å²) in [5.74, 6) is 0.469. The molecule has 0 heterocycles. The van der Waals surface area contributed by atoms with Crippen LogP contribution in [-0.2, 0) is 11.2 Å². The van der Waals surface area contributed by atoms with Crippen molar-refractivity contribution in [2.45, 2.75) is 12.5 Å². The molecule has 1 aromatic rings. The molecule has 0 aliphatic heterocycles. The second kappa shape index (κ2) is 4.62. The Balaban J connectivity index is 2.84. The van der Waals surface area contributed by atoms with Gasteiger partial charge in [-0.1, -0.05) is 6.07 Å². The van der Waals surface area contributed by atoms with E-state index in [9.17, 15) is 9.90 Å². The third-order valence-electron chi connectivity index (χ3n) is 1.89. The highest BCUT2D eigenvalue weighted by molar-refractivity contribution is 5.58. The summed E-state index contributed by atoms with van der Waals surface area (Å²) in [6.45, 7) is 0. The van der Waals surface area contributed by atoms with E-state index < -0.39 is 6.04 Å². The lowest BCUT2D eigenvalue weighted by atomic mass is 10.1. The van der Waals surface area contributed by atoms with Crippen LogP contribution in [0.1, 0.15) is 5.56 Å². The third-order valence-corrected chi connectivity index (χ3v) is 1.89. The molecule has 0 radical (unpaired) electrons. The van der Waals surface area contributed by atoms with Crippen molar-refractivity contribution in [3.8, 4) is 11.5 Å². The minimum absolute atomic E-state index is 0.0796. The Bertz CT molecular complexity index is 325. The number of benzene rings is 1. The van der Waals surface area contributed by atoms with Crippen LogP contribution >= 0.6 is 0 Å². The van der Waals surface area contributed by atoms with Gasteiger partial charge in [-0.25, -0.2) is 0 Å². The fraction of sp³-hybridized carbons (Fsp3) is 0.300. The van der Waals surface area contributed by atoms with E-state index in [0.29, 0.717) is 18.5 Å². The Hall–Kier alpha value is -1.55. The van der Waals surface area contributed by atoms with Gasteiger partial charge in [0.1, 0.15) is 6.29 Å². The average Bonchev–Trinajstić information content (AvgIpc) is 2.20. The molecule has 0 fully saturated rings. The Morgan fingerprint density at radius 2 is 2.36 bits per heavy atom. The maximum absolute atomic E-state index is 10.3. The van der Waals surface area contributed by atoms with E-state index in [-0.39, 0.29) is 5.75 Å². The Kier molecular flexibility index (Phi) is 3.48. The first kappa shape index (κ1) is 10.5. The molecule has 0 aliphatic carbocycles. The van der Waals surface area contributed by atoms with Gasteiger partial charge in [-0.3, -0.25) is 0 Å². The lowest BCUT2D eigenvalue weighted by molar-refractivity contribution is -0.108. The van der Waals surface area contributed by atoms with E-state index in [1.54, 1.807) is 12.1 Å². The summed E-state index contributed by atoms with van der Waals surface area (Å²) in [5.41, 5.74) is 6.32. The van der Waals surface area contributed by atoms with Gasteiger partial charge in [-0.05, 0) is 24.1 Å². The highest BCUT2D eigenvalue weighted by atomic mass is 16.5. The molecule has 1 unspecified atom stereocenters. The van der Waals surface area contributed by atoms with Gasteiger partial charge in [-0.15, -0.1) is 0 Å². The minimum atomic E-state index is -0.510. The molecule has 1 atom stereocenters. The number of methoxy groups -OCH3 is 1. The van der Waals surface area contributed by atoms with Gasteiger partial charge in [0.25, 0.3) is 0 Å². The van der Waals surface area contributed by atoms with E-state index in [2.05, 4.69) is 0 Å². The van der Waals surface area contributed by atoms with Crippen LogP contribution in [0.15, 0.2) is 18.2 Å². The normalized spacial score (nSPS) is 12.1. The van der Waals surface area contributed by atoms with Crippen molar-refractivity contribution in [2.75, 3.05) is 7.11 Å². The quantitative estimate of drug-likeness (QED) is 0.685. The fourth-order valence-corrected chi connectivity index (χ4v) is 1.17. The second-order valence-electron chi connectivity index (χ2n) is 3.01. The van der Waals surface area contributed by atoms with Gasteiger partial charge >= 0.3 is 0 Å². The van der Waals surface area contributed by atoms with E-state index >= 15 is 0 Å². The highest BCUT2D eigenvalue weighted by Gasteiger charge is 2.06. The molecule has 4 nitrogen and oxygen atoms in total. The van der Waals surface area contributed by atoms with Crippen LogP contribution in [0, 0.1) is 0 Å². The number of hydrogen-bond donors (Lipinski definition) is 2. The number of aromatic hydroxyl groups is 1. The molecule has 0 spiro atoms. The van der Waals surface area contributed by atoms with Crippen molar-refractivity contribution in [2.24, 2.45) is 5.73 Å². The molecule has 0 aromatic heterocycles. The van der Waals surface area contributed by atoms with Crippen molar-refractivity contribution in [3.05, 3.63) is 23.8 Å². The first-order valence-electron chi connectivity index (χ1n) is 4.24. The van der Waals surface area contributed by atoms with E-state index in [1.807, 2.05) is 0 Å². The first-order chi connectivity index (χ1) is 6.67. The van der Waals surface area contributed by atoms with Crippen molar-refractivity contribution in [1.29, 1.82) is 0 Å². The zero-order valence-electron chi connectivity index (χ0n) is 7.93. The van der Waals surface area contributed by atoms with Crippen molar-refractivity contribution >= 4 is 6.29 Å². The Morgan fingerprint density at radius 1 is 1.64 bits per heavy atom. The molecule has 0 saturated carbocycles. The molecule has 0 saturated heterocycles. The lowest BCUT2D eigenvalue weighted by Gasteiger charge is -2.07. The summed E-state index contributed by atoms with van der Waals surface area (Å²) in [4.78, 5) is 10.3. The SMILES string of the molecule is COc1cc(CC(N)C=O)ccc1O. The van der Waals surface area contributed by atoms with Crippen LogP contribution in [0.5, 0.6) is 11.5 Å². The van der Waals surface area contributed by atoms with E-state index in [4.69, 9.17) is 10.5 Å². The zero-order valence-corrected chi connectivity index (χ0v) is 7.93. The fourth-order valence-electron chi connectivity index (χ4n) is 1.17. The van der Waals surface area contributed by atoms with Crippen LogP contribution < -0.4 is 10.5 Å². The molecule has 76 valence electrons. The second-order valence-corrected chi connectivity index (χ2v) is 3.01. The summed E-state index contributed by atoms with van der Waals surface area (Å²) < 4.78 is 4.92. The van der Waals surface area contributed by atoms with Gasteiger partial charge in [-0.2, -0.15) is 0 Å². The number of carbonyl (C=O) groups excluding carboxylic acids is 1. The monoisotopic (exact) mass is 195 g/mol. The summed E-state index contributed by atoms with van der Waals surface area (Å²) in [6, 6.07) is 4.38. The standard InChI is InChI=1S/C10H13NO3/c1-14-10-5-7(2-3-9(10)13)4-8(11)6-12/h2-3,5-6,8,13H,4,11H2,1H3. The molecule has 4 heteroatoms. The van der Waals surface area contributed by atoms with Crippen molar-refractivity contribution in [1.82, 2.24) is 0 Å². The maximum atomic E-state index is 10.3. The number of phenolic OH excluding ortho intramolecular Hbond substituents is 1. The van der Waals surface area contributed by atoms with Gasteiger partial charge in [0.05, 0.1) is 13.2 Å². The molecule has 0 amide bonds. The van der Waals surface area contributed by atoms with Crippen LogP contribution in [0.4, 0.5) is 0 Å². The average molecular weight is 195 g/mol. The Morgan fingerprint density at radius 3 is 2.93 bits per heavy atom. The molecular formula is C10H13NO3. The molecular weight excluding hydrogens is 182 g/mol. The number of ether oxygens (including phenoxy) is 1. The maximum Gasteiger partial charge on any atom is 0.160 e. The number of nitrogens with two attached hydrogens (primary N) is 1. The van der Waals surface area contributed by atoms with Gasteiger partial charge in [0.15, 0.2) is 11.5 Å². The van der Waals surface area contributed by atoms with Gasteiger partial charge in [0.2, 0.25) is 0 Å². The van der Waals surface area contributed by atoms with Gasteiger partial charge < -0.3 is 20.4 Å².